The summed E-state index contributed by atoms with van der Waals surface area (Å²) in [5.74, 6) is 0.338. The minimum atomic E-state index is -1.04. The summed E-state index contributed by atoms with van der Waals surface area (Å²) in [6.45, 7) is 9.93. The Labute approximate surface area is 122 Å². The molecule has 0 bridgehead atoms. The van der Waals surface area contributed by atoms with E-state index in [1.54, 1.807) is 20.8 Å². The van der Waals surface area contributed by atoms with Crippen molar-refractivity contribution in [2.75, 3.05) is 26.2 Å². The zero-order valence-electron chi connectivity index (χ0n) is 13.4. The first-order valence-corrected chi connectivity index (χ1v) is 7.84. The third-order valence-electron chi connectivity index (χ3n) is 4.37. The second-order valence-corrected chi connectivity index (χ2v) is 6.25. The summed E-state index contributed by atoms with van der Waals surface area (Å²) in [6.07, 6.45) is 4.77. The van der Waals surface area contributed by atoms with E-state index in [-0.39, 0.29) is 5.78 Å². The number of carbonyl (C=O) groups excluding carboxylic acids is 2. The van der Waals surface area contributed by atoms with Crippen molar-refractivity contribution in [3.63, 3.8) is 0 Å². The lowest BCUT2D eigenvalue weighted by molar-refractivity contribution is -0.158. The number of esters is 1. The van der Waals surface area contributed by atoms with Gasteiger partial charge in [-0.05, 0) is 59.0 Å². The van der Waals surface area contributed by atoms with Crippen molar-refractivity contribution in [3.05, 3.63) is 0 Å². The van der Waals surface area contributed by atoms with Crippen LogP contribution in [0.5, 0.6) is 0 Å². The highest BCUT2D eigenvalue weighted by molar-refractivity contribution is 6.03. The maximum Gasteiger partial charge on any atom is 0.319 e. The molecule has 1 unspecified atom stereocenters. The summed E-state index contributed by atoms with van der Waals surface area (Å²) in [6, 6.07) is 0. The SMILES string of the molecule is CCOC(=O)C(C)(C)C(=O)CN1CCCC(CC)CC1. The Morgan fingerprint density at radius 1 is 1.20 bits per heavy atom. The van der Waals surface area contributed by atoms with Gasteiger partial charge in [0.2, 0.25) is 0 Å². The first-order valence-electron chi connectivity index (χ1n) is 7.84. The molecule has 0 radical (unpaired) electrons. The van der Waals surface area contributed by atoms with Crippen LogP contribution in [-0.4, -0.2) is 42.9 Å². The van der Waals surface area contributed by atoms with Gasteiger partial charge in [0.15, 0.2) is 5.78 Å². The zero-order chi connectivity index (χ0) is 15.2. The van der Waals surface area contributed by atoms with Crippen LogP contribution in [0.15, 0.2) is 0 Å². The molecule has 0 aromatic rings. The number of likely N-dealkylation sites (tertiary alicyclic amines) is 1. The van der Waals surface area contributed by atoms with Gasteiger partial charge in [-0.15, -0.1) is 0 Å². The summed E-state index contributed by atoms with van der Waals surface area (Å²) in [5, 5.41) is 0. The fourth-order valence-corrected chi connectivity index (χ4v) is 2.62. The number of Topliss-reactive ketones (excluding diaryl/α,β-unsaturated/α-hetero) is 1. The minimum Gasteiger partial charge on any atom is -0.465 e. The summed E-state index contributed by atoms with van der Waals surface area (Å²) in [5.41, 5.74) is -1.04. The quantitative estimate of drug-likeness (QED) is 0.555. The predicted octanol–water partition coefficient (Wildman–Crippen LogP) is 2.66. The summed E-state index contributed by atoms with van der Waals surface area (Å²) < 4.78 is 5.00. The largest absolute Gasteiger partial charge is 0.465 e. The Kier molecular flexibility index (Phi) is 6.66. The second kappa shape index (κ2) is 7.77. The fraction of sp³-hybridized carbons (Fsp3) is 0.875. The highest BCUT2D eigenvalue weighted by Crippen LogP contribution is 2.23. The highest BCUT2D eigenvalue weighted by Gasteiger charge is 2.37. The Hall–Kier alpha value is -0.900. The Morgan fingerprint density at radius 2 is 1.90 bits per heavy atom. The molecule has 0 amide bonds. The minimum absolute atomic E-state index is 0.0362. The van der Waals surface area contributed by atoms with E-state index in [0.29, 0.717) is 13.2 Å². The van der Waals surface area contributed by atoms with Crippen LogP contribution in [-0.2, 0) is 14.3 Å². The number of ether oxygens (including phenoxy) is 1. The molecule has 1 heterocycles. The predicted molar refractivity (Wildman–Crippen MR) is 79.5 cm³/mol. The molecule has 0 N–H and O–H groups in total. The lowest BCUT2D eigenvalue weighted by Crippen LogP contribution is -2.42. The molecule has 1 fully saturated rings. The van der Waals surface area contributed by atoms with E-state index in [1.807, 2.05) is 0 Å². The van der Waals surface area contributed by atoms with Gasteiger partial charge in [-0.25, -0.2) is 0 Å². The first-order chi connectivity index (χ1) is 9.41. The van der Waals surface area contributed by atoms with Gasteiger partial charge in [-0.2, -0.15) is 0 Å². The summed E-state index contributed by atoms with van der Waals surface area (Å²) in [4.78, 5) is 26.4. The normalized spacial score (nSPS) is 21.3. The summed E-state index contributed by atoms with van der Waals surface area (Å²) in [7, 11) is 0. The standard InChI is InChI=1S/C16H29NO3/c1-5-13-8-7-10-17(11-9-13)12-14(18)16(3,4)15(19)20-6-2/h13H,5-12H2,1-4H3. The smallest absolute Gasteiger partial charge is 0.319 e. The van der Waals surface area contributed by atoms with E-state index in [0.717, 1.165) is 31.8 Å². The van der Waals surface area contributed by atoms with Crippen LogP contribution >= 0.6 is 0 Å². The van der Waals surface area contributed by atoms with E-state index in [1.165, 1.54) is 12.8 Å². The molecule has 1 aliphatic rings. The van der Waals surface area contributed by atoms with Crippen LogP contribution < -0.4 is 0 Å². The molecule has 0 aromatic carbocycles. The monoisotopic (exact) mass is 283 g/mol. The van der Waals surface area contributed by atoms with Gasteiger partial charge in [0.25, 0.3) is 0 Å². The molecular weight excluding hydrogens is 254 g/mol. The fourth-order valence-electron chi connectivity index (χ4n) is 2.62. The molecule has 1 saturated heterocycles. The molecule has 4 nitrogen and oxygen atoms in total. The molecule has 1 atom stereocenters. The first kappa shape index (κ1) is 17.2. The van der Waals surface area contributed by atoms with Gasteiger partial charge in [-0.1, -0.05) is 13.3 Å². The number of ketones is 1. The number of hydrogen-bond donors (Lipinski definition) is 0. The Morgan fingerprint density at radius 3 is 2.50 bits per heavy atom. The molecule has 0 aromatic heterocycles. The maximum absolute atomic E-state index is 12.4. The highest BCUT2D eigenvalue weighted by atomic mass is 16.5. The van der Waals surface area contributed by atoms with Crippen molar-refractivity contribution in [2.24, 2.45) is 11.3 Å². The van der Waals surface area contributed by atoms with Gasteiger partial charge in [0.1, 0.15) is 5.41 Å². The molecule has 4 heteroatoms. The number of hydrogen-bond acceptors (Lipinski definition) is 4. The van der Waals surface area contributed by atoms with Crippen molar-refractivity contribution in [1.29, 1.82) is 0 Å². The van der Waals surface area contributed by atoms with E-state index < -0.39 is 11.4 Å². The average Bonchev–Trinajstić information content (AvgIpc) is 2.64. The van der Waals surface area contributed by atoms with Gasteiger partial charge >= 0.3 is 5.97 Å². The lowest BCUT2D eigenvalue weighted by Gasteiger charge is -2.25. The van der Waals surface area contributed by atoms with Crippen molar-refractivity contribution in [3.8, 4) is 0 Å². The van der Waals surface area contributed by atoms with E-state index >= 15 is 0 Å². The number of rotatable bonds is 6. The van der Waals surface area contributed by atoms with Crippen molar-refractivity contribution in [2.45, 2.75) is 53.4 Å². The number of nitrogens with zero attached hydrogens (tertiary/aromatic N) is 1. The zero-order valence-corrected chi connectivity index (χ0v) is 13.4. The third kappa shape index (κ3) is 4.58. The second-order valence-electron chi connectivity index (χ2n) is 6.25. The number of carbonyl (C=O) groups is 2. The van der Waals surface area contributed by atoms with Crippen LogP contribution in [0.3, 0.4) is 0 Å². The topological polar surface area (TPSA) is 46.6 Å². The van der Waals surface area contributed by atoms with Gasteiger partial charge in [0.05, 0.1) is 13.2 Å². The van der Waals surface area contributed by atoms with Gasteiger partial charge in [-0.3, -0.25) is 14.5 Å². The third-order valence-corrected chi connectivity index (χ3v) is 4.37. The van der Waals surface area contributed by atoms with Gasteiger partial charge < -0.3 is 4.74 Å². The molecule has 1 rings (SSSR count). The van der Waals surface area contributed by atoms with Crippen LogP contribution in [0.1, 0.15) is 53.4 Å². The average molecular weight is 283 g/mol. The van der Waals surface area contributed by atoms with E-state index in [4.69, 9.17) is 4.74 Å². The van der Waals surface area contributed by atoms with E-state index in [2.05, 4.69) is 11.8 Å². The molecule has 1 aliphatic heterocycles. The van der Waals surface area contributed by atoms with E-state index in [9.17, 15) is 9.59 Å². The lowest BCUT2D eigenvalue weighted by atomic mass is 9.87. The van der Waals surface area contributed by atoms with Crippen LogP contribution in [0.4, 0.5) is 0 Å². The van der Waals surface area contributed by atoms with Crippen molar-refractivity contribution < 1.29 is 14.3 Å². The Bertz CT molecular complexity index is 339. The molecule has 0 spiro atoms. The van der Waals surface area contributed by atoms with Crippen LogP contribution in [0.25, 0.3) is 0 Å². The molecular formula is C16H29NO3. The summed E-state index contributed by atoms with van der Waals surface area (Å²) >= 11 is 0. The van der Waals surface area contributed by atoms with Crippen molar-refractivity contribution in [1.82, 2.24) is 4.90 Å². The maximum atomic E-state index is 12.4. The van der Waals surface area contributed by atoms with Crippen LogP contribution in [0, 0.1) is 11.3 Å². The molecule has 0 saturated carbocycles. The Balaban J connectivity index is 2.54. The van der Waals surface area contributed by atoms with Crippen molar-refractivity contribution >= 4 is 11.8 Å². The molecule has 116 valence electrons. The molecule has 0 aliphatic carbocycles. The van der Waals surface area contributed by atoms with Gasteiger partial charge in [0, 0.05) is 0 Å². The molecule has 20 heavy (non-hydrogen) atoms. The van der Waals surface area contributed by atoms with Crippen LogP contribution in [0.2, 0.25) is 0 Å².